The van der Waals surface area contributed by atoms with E-state index in [1.807, 2.05) is 48.5 Å². The third-order valence-corrected chi connectivity index (χ3v) is 3.30. The summed E-state index contributed by atoms with van der Waals surface area (Å²) >= 11 is 0. The maximum absolute atomic E-state index is 10.8. The zero-order valence-corrected chi connectivity index (χ0v) is 10.9. The molecule has 0 amide bonds. The maximum atomic E-state index is 10.8. The molecule has 0 saturated carbocycles. The maximum Gasteiger partial charge on any atom is 0.347 e. The summed E-state index contributed by atoms with van der Waals surface area (Å²) in [6, 6.07) is 15.8. The van der Waals surface area contributed by atoms with E-state index in [-0.39, 0.29) is 0 Å². The van der Waals surface area contributed by atoms with Crippen LogP contribution < -0.4 is 0 Å². The Morgan fingerprint density at radius 2 is 1.45 bits per heavy atom. The van der Waals surface area contributed by atoms with Crippen LogP contribution in [0.3, 0.4) is 0 Å². The molecule has 4 heteroatoms. The number of benzene rings is 2. The Morgan fingerprint density at radius 3 is 1.90 bits per heavy atom. The average molecular weight is 267 g/mol. The fourth-order valence-corrected chi connectivity index (χ4v) is 2.27. The van der Waals surface area contributed by atoms with Crippen molar-refractivity contribution in [2.24, 2.45) is 5.16 Å². The van der Waals surface area contributed by atoms with Crippen LogP contribution in [0.2, 0.25) is 0 Å². The van der Waals surface area contributed by atoms with Gasteiger partial charge in [-0.2, -0.15) is 0 Å². The summed E-state index contributed by atoms with van der Waals surface area (Å²) in [5.41, 5.74) is 4.80. The van der Waals surface area contributed by atoms with Gasteiger partial charge in [0.05, 0.1) is 0 Å². The van der Waals surface area contributed by atoms with Crippen LogP contribution >= 0.6 is 0 Å². The number of fused-ring (bicyclic) bond motifs is 3. The number of hydrogen-bond donors (Lipinski definition) is 1. The molecule has 1 unspecified atom stereocenters. The minimum Gasteiger partial charge on any atom is -0.478 e. The predicted octanol–water partition coefficient (Wildman–Crippen LogP) is 2.91. The normalized spacial score (nSPS) is 13.3. The molecule has 0 radical (unpaired) electrons. The highest BCUT2D eigenvalue weighted by Crippen LogP contribution is 2.36. The Balaban J connectivity index is 2.07. The van der Waals surface area contributed by atoms with Gasteiger partial charge in [-0.15, -0.1) is 0 Å². The van der Waals surface area contributed by atoms with E-state index in [2.05, 4.69) is 5.16 Å². The van der Waals surface area contributed by atoms with Gasteiger partial charge >= 0.3 is 5.97 Å². The minimum atomic E-state index is -1.03. The second-order valence-electron chi connectivity index (χ2n) is 4.62. The highest BCUT2D eigenvalue weighted by atomic mass is 16.6. The number of oxime groups is 1. The largest absolute Gasteiger partial charge is 0.478 e. The highest BCUT2D eigenvalue weighted by molar-refractivity contribution is 6.24. The number of carboxylic acid groups (broad SMARTS) is 1. The SMILES string of the molecule is CC(ON=C1c2ccccc2-c2ccccc21)C(=O)O. The summed E-state index contributed by atoms with van der Waals surface area (Å²) < 4.78 is 0. The fourth-order valence-electron chi connectivity index (χ4n) is 2.27. The van der Waals surface area contributed by atoms with Crippen molar-refractivity contribution in [2.45, 2.75) is 13.0 Å². The van der Waals surface area contributed by atoms with Gasteiger partial charge in [-0.25, -0.2) is 4.79 Å². The van der Waals surface area contributed by atoms with Crippen LogP contribution in [0.1, 0.15) is 18.1 Å². The number of carboxylic acids is 1. The van der Waals surface area contributed by atoms with Crippen LogP contribution in [0, 0.1) is 0 Å². The van der Waals surface area contributed by atoms with Crippen LogP contribution in [0.15, 0.2) is 53.7 Å². The van der Waals surface area contributed by atoms with E-state index >= 15 is 0 Å². The van der Waals surface area contributed by atoms with E-state index in [0.717, 1.165) is 22.3 Å². The molecule has 0 spiro atoms. The monoisotopic (exact) mass is 267 g/mol. The molecule has 1 N–H and O–H groups in total. The molecule has 2 aromatic rings. The van der Waals surface area contributed by atoms with Gasteiger partial charge < -0.3 is 9.94 Å². The second-order valence-corrected chi connectivity index (χ2v) is 4.62. The predicted molar refractivity (Wildman–Crippen MR) is 75.7 cm³/mol. The smallest absolute Gasteiger partial charge is 0.347 e. The summed E-state index contributed by atoms with van der Waals surface area (Å²) in [5, 5.41) is 12.9. The molecule has 0 aromatic heterocycles. The lowest BCUT2D eigenvalue weighted by molar-refractivity contribution is -0.149. The second kappa shape index (κ2) is 4.81. The number of carbonyl (C=O) groups is 1. The molecule has 1 aliphatic rings. The summed E-state index contributed by atoms with van der Waals surface area (Å²) in [4.78, 5) is 15.9. The molecule has 3 rings (SSSR count). The molecule has 1 atom stereocenters. The number of rotatable bonds is 3. The van der Waals surface area contributed by atoms with Gasteiger partial charge in [0.2, 0.25) is 6.10 Å². The topological polar surface area (TPSA) is 58.9 Å². The average Bonchev–Trinajstić information content (AvgIpc) is 2.79. The van der Waals surface area contributed by atoms with Gasteiger partial charge in [-0.05, 0) is 18.1 Å². The van der Waals surface area contributed by atoms with Crippen LogP contribution in [0.5, 0.6) is 0 Å². The van der Waals surface area contributed by atoms with Crippen molar-refractivity contribution in [2.75, 3.05) is 0 Å². The number of hydrogen-bond acceptors (Lipinski definition) is 3. The van der Waals surface area contributed by atoms with Crippen molar-refractivity contribution in [3.63, 3.8) is 0 Å². The summed E-state index contributed by atoms with van der Waals surface area (Å²) in [6.07, 6.45) is -0.970. The first-order valence-electron chi connectivity index (χ1n) is 6.34. The first-order valence-corrected chi connectivity index (χ1v) is 6.34. The van der Waals surface area contributed by atoms with Crippen molar-refractivity contribution in [3.05, 3.63) is 59.7 Å². The number of nitrogens with zero attached hydrogens (tertiary/aromatic N) is 1. The fraction of sp³-hybridized carbons (Fsp3) is 0.125. The zero-order chi connectivity index (χ0) is 14.1. The quantitative estimate of drug-likeness (QED) is 0.742. The first-order chi connectivity index (χ1) is 9.68. The first kappa shape index (κ1) is 12.4. The Bertz CT molecular complexity index is 659. The van der Waals surface area contributed by atoms with E-state index in [0.29, 0.717) is 5.71 Å². The van der Waals surface area contributed by atoms with Crippen LogP contribution in [0.25, 0.3) is 11.1 Å². The summed E-state index contributed by atoms with van der Waals surface area (Å²) in [7, 11) is 0. The molecular formula is C16H13NO3. The Kier molecular flexibility index (Phi) is 2.99. The molecule has 1 aliphatic carbocycles. The lowest BCUT2D eigenvalue weighted by Crippen LogP contribution is -2.18. The zero-order valence-electron chi connectivity index (χ0n) is 10.9. The Labute approximate surface area is 116 Å². The summed E-state index contributed by atoms with van der Waals surface area (Å²) in [5.74, 6) is -1.03. The van der Waals surface area contributed by atoms with Crippen molar-refractivity contribution in [1.82, 2.24) is 0 Å². The molecule has 20 heavy (non-hydrogen) atoms. The molecule has 0 aliphatic heterocycles. The third-order valence-electron chi connectivity index (χ3n) is 3.30. The van der Waals surface area contributed by atoms with Gasteiger partial charge in [0.25, 0.3) is 0 Å². The Hall–Kier alpha value is -2.62. The Morgan fingerprint density at radius 1 is 1.00 bits per heavy atom. The van der Waals surface area contributed by atoms with Gasteiger partial charge in [-0.1, -0.05) is 53.7 Å². The lowest BCUT2D eigenvalue weighted by Gasteiger charge is -2.06. The molecule has 0 bridgehead atoms. The van der Waals surface area contributed by atoms with Crippen molar-refractivity contribution in [1.29, 1.82) is 0 Å². The van der Waals surface area contributed by atoms with E-state index < -0.39 is 12.1 Å². The van der Waals surface area contributed by atoms with E-state index in [1.54, 1.807) is 0 Å². The summed E-state index contributed by atoms with van der Waals surface area (Å²) in [6.45, 7) is 1.46. The van der Waals surface area contributed by atoms with Gasteiger partial charge in [0, 0.05) is 11.1 Å². The van der Waals surface area contributed by atoms with Crippen LogP contribution in [0.4, 0.5) is 0 Å². The van der Waals surface area contributed by atoms with Gasteiger partial charge in [0.15, 0.2) is 0 Å². The van der Waals surface area contributed by atoms with Crippen LogP contribution in [-0.4, -0.2) is 22.9 Å². The van der Waals surface area contributed by atoms with Gasteiger partial charge in [-0.3, -0.25) is 0 Å². The van der Waals surface area contributed by atoms with E-state index in [9.17, 15) is 4.79 Å². The van der Waals surface area contributed by atoms with E-state index in [1.165, 1.54) is 6.92 Å². The van der Waals surface area contributed by atoms with Crippen LogP contribution in [-0.2, 0) is 9.63 Å². The molecular weight excluding hydrogens is 254 g/mol. The van der Waals surface area contributed by atoms with E-state index in [4.69, 9.17) is 9.94 Å². The van der Waals surface area contributed by atoms with Crippen molar-refractivity contribution in [3.8, 4) is 11.1 Å². The molecule has 0 fully saturated rings. The molecule has 100 valence electrons. The lowest BCUT2D eigenvalue weighted by atomic mass is 10.1. The highest BCUT2D eigenvalue weighted by Gasteiger charge is 2.25. The molecule has 0 saturated heterocycles. The molecule has 4 nitrogen and oxygen atoms in total. The molecule has 2 aromatic carbocycles. The third kappa shape index (κ3) is 1.95. The minimum absolute atomic E-state index is 0.685. The number of aliphatic carboxylic acids is 1. The van der Waals surface area contributed by atoms with Crippen molar-refractivity contribution < 1.29 is 14.7 Å². The van der Waals surface area contributed by atoms with Gasteiger partial charge in [0.1, 0.15) is 5.71 Å². The van der Waals surface area contributed by atoms with Crippen molar-refractivity contribution >= 4 is 11.7 Å². The standard InChI is InChI=1S/C16H13NO3/c1-10(16(18)19)20-17-15-13-8-4-2-6-11(13)12-7-3-5-9-14(12)15/h2-10H,1H3,(H,18,19). The molecule has 0 heterocycles.